The van der Waals surface area contributed by atoms with Crippen molar-refractivity contribution in [3.05, 3.63) is 20.8 Å². The van der Waals surface area contributed by atoms with Gasteiger partial charge in [-0.05, 0) is 25.8 Å². The molecule has 12 heteroatoms. The van der Waals surface area contributed by atoms with Crippen LogP contribution in [0.5, 0.6) is 0 Å². The lowest BCUT2D eigenvalue weighted by Crippen LogP contribution is -2.44. The number of nitrogens with zero attached hydrogens (tertiary/aromatic N) is 2. The molecule has 3 amide bonds. The lowest BCUT2D eigenvalue weighted by molar-refractivity contribution is -0.124. The molecular formula is C17H21F3N4O3S2. The van der Waals surface area contributed by atoms with Crippen LogP contribution in [0.4, 0.5) is 18.0 Å². The number of carbonyl (C=O) groups excluding carboxylic acids is 2. The summed E-state index contributed by atoms with van der Waals surface area (Å²) < 4.78 is 37.8. The molecule has 0 atom stereocenters. The maximum Gasteiger partial charge on any atom is 0.405 e. The van der Waals surface area contributed by atoms with Crippen LogP contribution in [-0.4, -0.2) is 40.0 Å². The van der Waals surface area contributed by atoms with E-state index in [4.69, 9.17) is 0 Å². The number of thiophene rings is 1. The second kappa shape index (κ2) is 9.61. The Labute approximate surface area is 173 Å². The number of alkyl halides is 3. The average molecular weight is 451 g/mol. The van der Waals surface area contributed by atoms with Gasteiger partial charge in [-0.15, -0.1) is 11.3 Å². The van der Waals surface area contributed by atoms with Crippen molar-refractivity contribution in [2.75, 3.05) is 12.3 Å². The molecule has 0 aliphatic rings. The number of hydrogen-bond acceptors (Lipinski definition) is 6. The maximum absolute atomic E-state index is 12.9. The Morgan fingerprint density at radius 2 is 1.97 bits per heavy atom. The summed E-state index contributed by atoms with van der Waals surface area (Å²) in [7, 11) is 0. The van der Waals surface area contributed by atoms with Gasteiger partial charge in [-0.2, -0.15) is 13.2 Å². The summed E-state index contributed by atoms with van der Waals surface area (Å²) in [6.07, 6.45) is -2.97. The summed E-state index contributed by atoms with van der Waals surface area (Å²) in [4.78, 5) is 42.3. The fraction of sp³-hybridized carbons (Fsp3) is 0.529. The van der Waals surface area contributed by atoms with E-state index < -0.39 is 24.7 Å². The minimum Gasteiger partial charge on any atom is -0.329 e. The largest absolute Gasteiger partial charge is 0.405 e. The van der Waals surface area contributed by atoms with Crippen molar-refractivity contribution < 1.29 is 22.8 Å². The number of aromatic nitrogens is 2. The number of hydrogen-bond donors (Lipinski definition) is 2. The molecule has 29 heavy (non-hydrogen) atoms. The highest BCUT2D eigenvalue weighted by atomic mass is 32.2. The van der Waals surface area contributed by atoms with Gasteiger partial charge in [-0.3, -0.25) is 19.5 Å². The minimum atomic E-state index is -4.57. The van der Waals surface area contributed by atoms with Crippen molar-refractivity contribution in [2.24, 2.45) is 0 Å². The number of fused-ring (bicyclic) bond motifs is 1. The highest BCUT2D eigenvalue weighted by Gasteiger charge is 2.28. The fourth-order valence-corrected chi connectivity index (χ4v) is 4.35. The van der Waals surface area contributed by atoms with Gasteiger partial charge in [0.15, 0.2) is 5.16 Å². The van der Waals surface area contributed by atoms with E-state index in [1.807, 2.05) is 26.1 Å². The first kappa shape index (κ1) is 23.2. The molecule has 0 aliphatic heterocycles. The maximum atomic E-state index is 12.9. The SMILES string of the molecule is CCCCn1c(SCC(=O)NC(=O)NCC(F)(F)F)nc2sc(C)c(C)c2c1=O. The average Bonchev–Trinajstić information content (AvgIpc) is 2.91. The highest BCUT2D eigenvalue weighted by molar-refractivity contribution is 7.99. The Morgan fingerprint density at radius 3 is 2.59 bits per heavy atom. The molecule has 0 aliphatic carbocycles. The first-order valence-corrected chi connectivity index (χ1v) is 10.6. The van der Waals surface area contributed by atoms with Crippen LogP contribution in [0.15, 0.2) is 9.95 Å². The van der Waals surface area contributed by atoms with Crippen LogP contribution >= 0.6 is 23.1 Å². The molecule has 0 unspecified atom stereocenters. The Morgan fingerprint density at radius 1 is 1.28 bits per heavy atom. The van der Waals surface area contributed by atoms with Gasteiger partial charge in [0.25, 0.3) is 5.56 Å². The quantitative estimate of drug-likeness (QED) is 0.499. The Bertz CT molecular complexity index is 969. The molecule has 0 saturated carbocycles. The van der Waals surface area contributed by atoms with Crippen molar-refractivity contribution in [2.45, 2.75) is 51.5 Å². The zero-order valence-electron chi connectivity index (χ0n) is 16.1. The van der Waals surface area contributed by atoms with Crippen LogP contribution in [0.3, 0.4) is 0 Å². The summed E-state index contributed by atoms with van der Waals surface area (Å²) in [5.74, 6) is -1.06. The van der Waals surface area contributed by atoms with E-state index in [2.05, 4.69) is 4.98 Å². The number of carbonyl (C=O) groups is 2. The van der Waals surface area contributed by atoms with Crippen LogP contribution < -0.4 is 16.2 Å². The van der Waals surface area contributed by atoms with E-state index in [-0.39, 0.29) is 11.3 Å². The molecule has 0 bridgehead atoms. The van der Waals surface area contributed by atoms with Gasteiger partial charge in [0.1, 0.15) is 11.4 Å². The number of amides is 3. The Hall–Kier alpha value is -2.08. The van der Waals surface area contributed by atoms with Crippen LogP contribution in [0.1, 0.15) is 30.2 Å². The molecule has 0 fully saturated rings. The van der Waals surface area contributed by atoms with Gasteiger partial charge in [-0.1, -0.05) is 25.1 Å². The summed E-state index contributed by atoms with van der Waals surface area (Å²) in [6, 6.07) is -1.23. The smallest absolute Gasteiger partial charge is 0.329 e. The van der Waals surface area contributed by atoms with Gasteiger partial charge in [0, 0.05) is 11.4 Å². The van der Waals surface area contributed by atoms with Gasteiger partial charge in [-0.25, -0.2) is 9.78 Å². The lowest BCUT2D eigenvalue weighted by Gasteiger charge is -2.12. The lowest BCUT2D eigenvalue weighted by atomic mass is 10.2. The van der Waals surface area contributed by atoms with Crippen LogP contribution in [-0.2, 0) is 11.3 Å². The highest BCUT2D eigenvalue weighted by Crippen LogP contribution is 2.28. The molecule has 2 N–H and O–H groups in total. The van der Waals surface area contributed by atoms with E-state index >= 15 is 0 Å². The van der Waals surface area contributed by atoms with E-state index in [0.717, 1.165) is 35.0 Å². The molecule has 2 aromatic rings. The molecule has 2 aromatic heterocycles. The molecule has 160 valence electrons. The van der Waals surface area contributed by atoms with E-state index in [1.165, 1.54) is 15.9 Å². The zero-order chi connectivity index (χ0) is 21.8. The Balaban J connectivity index is 2.15. The number of thioether (sulfide) groups is 1. The van der Waals surface area contributed by atoms with E-state index in [0.29, 0.717) is 21.9 Å². The third kappa shape index (κ3) is 6.20. The predicted octanol–water partition coefficient (Wildman–Crippen LogP) is 3.36. The third-order valence-corrected chi connectivity index (χ3v) is 6.10. The third-order valence-electron chi connectivity index (χ3n) is 4.02. The van der Waals surface area contributed by atoms with Crippen molar-refractivity contribution in [3.63, 3.8) is 0 Å². The van der Waals surface area contributed by atoms with Crippen LogP contribution in [0.25, 0.3) is 10.2 Å². The summed E-state index contributed by atoms with van der Waals surface area (Å²) >= 11 is 2.34. The molecule has 0 spiro atoms. The first-order valence-electron chi connectivity index (χ1n) is 8.81. The number of nitrogens with one attached hydrogen (secondary N) is 2. The summed E-state index contributed by atoms with van der Waals surface area (Å²) in [5, 5.41) is 4.28. The normalized spacial score (nSPS) is 11.7. The second-order valence-electron chi connectivity index (χ2n) is 6.30. The number of unbranched alkanes of at least 4 members (excludes halogenated alkanes) is 1. The molecule has 2 rings (SSSR count). The van der Waals surface area contributed by atoms with Gasteiger partial charge in [0.2, 0.25) is 5.91 Å². The number of urea groups is 1. The molecule has 7 nitrogen and oxygen atoms in total. The van der Waals surface area contributed by atoms with E-state index in [1.54, 1.807) is 5.32 Å². The monoisotopic (exact) mass is 450 g/mol. The van der Waals surface area contributed by atoms with Crippen molar-refractivity contribution >= 4 is 45.3 Å². The summed E-state index contributed by atoms with van der Waals surface area (Å²) in [5.41, 5.74) is 0.694. The molecular weight excluding hydrogens is 429 g/mol. The predicted molar refractivity (Wildman–Crippen MR) is 107 cm³/mol. The molecule has 0 saturated heterocycles. The fourth-order valence-electron chi connectivity index (χ4n) is 2.45. The van der Waals surface area contributed by atoms with Gasteiger partial charge < -0.3 is 5.32 Å². The summed E-state index contributed by atoms with van der Waals surface area (Å²) in [6.45, 7) is 4.64. The van der Waals surface area contributed by atoms with Gasteiger partial charge >= 0.3 is 12.2 Å². The molecule has 0 aromatic carbocycles. The van der Waals surface area contributed by atoms with Crippen molar-refractivity contribution in [3.8, 4) is 0 Å². The zero-order valence-corrected chi connectivity index (χ0v) is 17.7. The molecule has 0 radical (unpaired) electrons. The first-order chi connectivity index (χ1) is 13.5. The topological polar surface area (TPSA) is 93.1 Å². The van der Waals surface area contributed by atoms with Gasteiger partial charge in [0.05, 0.1) is 11.1 Å². The number of aryl methyl sites for hydroxylation is 2. The van der Waals surface area contributed by atoms with Crippen molar-refractivity contribution in [1.82, 2.24) is 20.2 Å². The van der Waals surface area contributed by atoms with Crippen molar-refractivity contribution in [1.29, 1.82) is 0 Å². The molecule has 2 heterocycles. The number of halogens is 3. The minimum absolute atomic E-state index is 0.184. The number of rotatable bonds is 7. The standard InChI is InChI=1S/C17H21F3N4O3S2/c1-4-5-6-24-14(26)12-9(2)10(3)29-13(12)23-16(24)28-7-11(25)22-15(27)21-8-17(18,19)20/h4-8H2,1-3H3,(H2,21,22,25,27). The van der Waals surface area contributed by atoms with E-state index in [9.17, 15) is 27.6 Å². The number of imide groups is 1. The van der Waals surface area contributed by atoms with Crippen LogP contribution in [0.2, 0.25) is 0 Å². The second-order valence-corrected chi connectivity index (χ2v) is 8.45. The Kier molecular flexibility index (Phi) is 7.69. The van der Waals surface area contributed by atoms with Crippen LogP contribution in [0, 0.1) is 13.8 Å².